The van der Waals surface area contributed by atoms with Crippen LogP contribution >= 0.6 is 23.8 Å². The number of aryl methyl sites for hydroxylation is 2. The molecule has 0 aliphatic heterocycles. The highest BCUT2D eigenvalue weighted by Gasteiger charge is 2.09. The van der Waals surface area contributed by atoms with E-state index in [0.717, 1.165) is 39.2 Å². The number of ether oxygens (including phenoxy) is 1. The number of halogens is 1. The summed E-state index contributed by atoms with van der Waals surface area (Å²) < 4.78 is 5.46. The first-order chi connectivity index (χ1) is 15.4. The molecule has 4 rings (SSSR count). The van der Waals surface area contributed by atoms with Crippen LogP contribution in [0.15, 0.2) is 60.7 Å². The molecule has 0 atom stereocenters. The SMILES string of the molecule is Cc1ccc(OCC(=O)NC(=S)Nc2ccc(-c3nc4cc(Cl)c(C)cc4[nH]3)cc2)cc1. The number of carbonyl (C=O) groups excluding carboxylic acids is 1. The number of thiocarbonyl (C=S) groups is 1. The molecular formula is C24H21ClN4O2S. The number of imidazole rings is 1. The number of aromatic nitrogens is 2. The second-order valence-electron chi connectivity index (χ2n) is 7.39. The lowest BCUT2D eigenvalue weighted by Crippen LogP contribution is -2.37. The molecule has 3 N–H and O–H groups in total. The van der Waals surface area contributed by atoms with Crippen molar-refractivity contribution in [1.29, 1.82) is 0 Å². The van der Waals surface area contributed by atoms with Gasteiger partial charge in [0.1, 0.15) is 11.6 Å². The van der Waals surface area contributed by atoms with Gasteiger partial charge in [-0.2, -0.15) is 0 Å². The van der Waals surface area contributed by atoms with E-state index in [0.29, 0.717) is 10.8 Å². The fourth-order valence-corrected chi connectivity index (χ4v) is 3.49. The molecule has 1 aromatic heterocycles. The lowest BCUT2D eigenvalue weighted by Gasteiger charge is -2.11. The van der Waals surface area contributed by atoms with Crippen LogP contribution in [-0.2, 0) is 4.79 Å². The number of amides is 1. The molecule has 0 unspecified atom stereocenters. The Hall–Kier alpha value is -3.42. The number of hydrogen-bond acceptors (Lipinski definition) is 4. The van der Waals surface area contributed by atoms with Crippen molar-refractivity contribution in [3.8, 4) is 17.1 Å². The van der Waals surface area contributed by atoms with Crippen molar-refractivity contribution in [2.45, 2.75) is 13.8 Å². The van der Waals surface area contributed by atoms with E-state index in [1.165, 1.54) is 0 Å². The standard InChI is InChI=1S/C24H21ClN4O2S/c1-14-3-9-18(10-4-14)31-13-22(30)29-24(32)26-17-7-5-16(6-8-17)23-27-20-11-15(2)19(25)12-21(20)28-23/h3-12H,13H2,1-2H3,(H,27,28)(H2,26,29,30,32). The first kappa shape index (κ1) is 21.8. The summed E-state index contributed by atoms with van der Waals surface area (Å²) in [5.41, 5.74) is 5.53. The predicted octanol–water partition coefficient (Wildman–Crippen LogP) is 5.39. The van der Waals surface area contributed by atoms with Gasteiger partial charge in [-0.3, -0.25) is 10.1 Å². The quantitative estimate of drug-likeness (QED) is 0.345. The van der Waals surface area contributed by atoms with Crippen LogP contribution in [0.3, 0.4) is 0 Å². The van der Waals surface area contributed by atoms with E-state index in [1.807, 2.05) is 74.5 Å². The van der Waals surface area contributed by atoms with Crippen molar-refractivity contribution in [3.05, 3.63) is 76.8 Å². The highest BCUT2D eigenvalue weighted by atomic mass is 35.5. The van der Waals surface area contributed by atoms with Crippen LogP contribution in [0.1, 0.15) is 11.1 Å². The molecule has 6 nitrogen and oxygen atoms in total. The van der Waals surface area contributed by atoms with E-state index in [4.69, 9.17) is 28.6 Å². The van der Waals surface area contributed by atoms with E-state index in [1.54, 1.807) is 0 Å². The zero-order valence-electron chi connectivity index (χ0n) is 17.5. The number of H-pyrrole nitrogens is 1. The van der Waals surface area contributed by atoms with Crippen molar-refractivity contribution < 1.29 is 9.53 Å². The molecule has 0 saturated carbocycles. The Balaban J connectivity index is 1.33. The maximum absolute atomic E-state index is 12.1. The average Bonchev–Trinajstić information content (AvgIpc) is 3.16. The van der Waals surface area contributed by atoms with Crippen LogP contribution in [0.5, 0.6) is 5.75 Å². The first-order valence-corrected chi connectivity index (χ1v) is 10.7. The van der Waals surface area contributed by atoms with Crippen LogP contribution in [0.25, 0.3) is 22.4 Å². The molecule has 1 amide bonds. The van der Waals surface area contributed by atoms with Crippen molar-refractivity contribution >= 4 is 51.6 Å². The van der Waals surface area contributed by atoms with Crippen molar-refractivity contribution in [1.82, 2.24) is 15.3 Å². The van der Waals surface area contributed by atoms with E-state index >= 15 is 0 Å². The van der Waals surface area contributed by atoms with Crippen molar-refractivity contribution in [2.24, 2.45) is 0 Å². The van der Waals surface area contributed by atoms with Gasteiger partial charge in [-0.1, -0.05) is 29.3 Å². The highest BCUT2D eigenvalue weighted by molar-refractivity contribution is 7.80. The molecule has 0 saturated heterocycles. The minimum absolute atomic E-state index is 0.126. The zero-order chi connectivity index (χ0) is 22.7. The van der Waals surface area contributed by atoms with Crippen molar-refractivity contribution in [2.75, 3.05) is 11.9 Å². The minimum atomic E-state index is -0.337. The summed E-state index contributed by atoms with van der Waals surface area (Å²) in [7, 11) is 0. The Labute approximate surface area is 196 Å². The molecule has 0 aliphatic rings. The van der Waals surface area contributed by atoms with Crippen LogP contribution in [0, 0.1) is 13.8 Å². The highest BCUT2D eigenvalue weighted by Crippen LogP contribution is 2.26. The number of rotatable bonds is 5. The van der Waals surface area contributed by atoms with E-state index in [2.05, 4.69) is 20.6 Å². The number of nitrogens with zero attached hydrogens (tertiary/aromatic N) is 1. The number of benzene rings is 3. The number of anilines is 1. The second kappa shape index (κ2) is 9.38. The lowest BCUT2D eigenvalue weighted by molar-refractivity contribution is -0.121. The minimum Gasteiger partial charge on any atom is -0.484 e. The van der Waals surface area contributed by atoms with E-state index in [9.17, 15) is 4.79 Å². The first-order valence-electron chi connectivity index (χ1n) is 9.94. The lowest BCUT2D eigenvalue weighted by atomic mass is 10.2. The fraction of sp³-hybridized carbons (Fsp3) is 0.125. The van der Waals surface area contributed by atoms with Gasteiger partial charge in [-0.05, 0) is 80.2 Å². The van der Waals surface area contributed by atoms with Gasteiger partial charge >= 0.3 is 0 Å². The summed E-state index contributed by atoms with van der Waals surface area (Å²) in [5.74, 6) is 1.04. The molecule has 0 aliphatic carbocycles. The molecule has 8 heteroatoms. The summed E-state index contributed by atoms with van der Waals surface area (Å²) in [5, 5.41) is 6.49. The molecule has 4 aromatic rings. The van der Waals surface area contributed by atoms with Gasteiger partial charge in [0.2, 0.25) is 0 Å². The van der Waals surface area contributed by atoms with Crippen LogP contribution < -0.4 is 15.4 Å². The number of hydrogen-bond donors (Lipinski definition) is 3. The molecular weight excluding hydrogens is 444 g/mol. The smallest absolute Gasteiger partial charge is 0.264 e. The molecule has 32 heavy (non-hydrogen) atoms. The second-order valence-corrected chi connectivity index (χ2v) is 8.20. The average molecular weight is 465 g/mol. The third-order valence-corrected chi connectivity index (χ3v) is 5.43. The Bertz CT molecular complexity index is 1250. The number of aromatic amines is 1. The summed E-state index contributed by atoms with van der Waals surface area (Å²) in [6.07, 6.45) is 0. The molecule has 3 aromatic carbocycles. The monoisotopic (exact) mass is 464 g/mol. The predicted molar refractivity (Wildman–Crippen MR) is 132 cm³/mol. The van der Waals surface area contributed by atoms with E-state index < -0.39 is 0 Å². The molecule has 0 radical (unpaired) electrons. The van der Waals surface area contributed by atoms with Gasteiger partial charge in [0.15, 0.2) is 11.7 Å². The summed E-state index contributed by atoms with van der Waals surface area (Å²) in [4.78, 5) is 20.0. The van der Waals surface area contributed by atoms with Gasteiger partial charge in [-0.15, -0.1) is 0 Å². The van der Waals surface area contributed by atoms with Crippen LogP contribution in [0.2, 0.25) is 5.02 Å². The largest absolute Gasteiger partial charge is 0.484 e. The number of fused-ring (bicyclic) bond motifs is 1. The summed E-state index contributed by atoms with van der Waals surface area (Å²) in [6, 6.07) is 18.9. The molecule has 0 bridgehead atoms. The van der Waals surface area contributed by atoms with E-state index in [-0.39, 0.29) is 17.6 Å². The Morgan fingerprint density at radius 2 is 1.81 bits per heavy atom. The third-order valence-electron chi connectivity index (χ3n) is 4.82. The third kappa shape index (κ3) is 5.25. The molecule has 1 heterocycles. The Morgan fingerprint density at radius 1 is 1.09 bits per heavy atom. The summed E-state index contributed by atoms with van der Waals surface area (Å²) in [6.45, 7) is 3.82. The van der Waals surface area contributed by atoms with Gasteiger partial charge in [0.25, 0.3) is 5.91 Å². The fourth-order valence-electron chi connectivity index (χ4n) is 3.10. The number of nitrogens with one attached hydrogen (secondary N) is 3. The number of carbonyl (C=O) groups is 1. The summed E-state index contributed by atoms with van der Waals surface area (Å²) >= 11 is 11.4. The molecule has 0 spiro atoms. The molecule has 0 fully saturated rings. The zero-order valence-corrected chi connectivity index (χ0v) is 19.1. The molecule has 162 valence electrons. The maximum atomic E-state index is 12.1. The van der Waals surface area contributed by atoms with Gasteiger partial charge < -0.3 is 15.0 Å². The van der Waals surface area contributed by atoms with Gasteiger partial charge in [0, 0.05) is 16.3 Å². The topological polar surface area (TPSA) is 79.0 Å². The normalized spacial score (nSPS) is 10.7. The van der Waals surface area contributed by atoms with Crippen LogP contribution in [-0.4, -0.2) is 27.6 Å². The Morgan fingerprint density at radius 3 is 2.53 bits per heavy atom. The van der Waals surface area contributed by atoms with Crippen LogP contribution in [0.4, 0.5) is 5.69 Å². The maximum Gasteiger partial charge on any atom is 0.264 e. The van der Waals surface area contributed by atoms with Gasteiger partial charge in [-0.25, -0.2) is 4.98 Å². The van der Waals surface area contributed by atoms with Crippen molar-refractivity contribution in [3.63, 3.8) is 0 Å². The Kier molecular flexibility index (Phi) is 6.39. The van der Waals surface area contributed by atoms with Gasteiger partial charge in [0.05, 0.1) is 11.0 Å².